The minimum absolute atomic E-state index is 0.0410. The fraction of sp³-hybridized carbons (Fsp3) is 0.333. The minimum atomic E-state index is -4.86. The molecule has 0 bridgehead atoms. The molecule has 1 rings (SSSR count). The van der Waals surface area contributed by atoms with Crippen molar-refractivity contribution < 1.29 is 27.8 Å². The van der Waals surface area contributed by atoms with Gasteiger partial charge in [0.1, 0.15) is 0 Å². The second kappa shape index (κ2) is 6.04. The summed E-state index contributed by atoms with van der Waals surface area (Å²) in [5, 5.41) is 8.93. The molecule has 0 saturated heterocycles. The van der Waals surface area contributed by atoms with Gasteiger partial charge >= 0.3 is 12.3 Å². The molecular formula is C9H6BrF3INO3. The summed E-state index contributed by atoms with van der Waals surface area (Å²) < 4.78 is 40.4. The zero-order chi connectivity index (χ0) is 13.9. The van der Waals surface area contributed by atoms with Gasteiger partial charge < -0.3 is 9.84 Å². The summed E-state index contributed by atoms with van der Waals surface area (Å²) >= 11 is 4.94. The molecule has 4 nitrogen and oxygen atoms in total. The van der Waals surface area contributed by atoms with E-state index in [1.165, 1.54) is 0 Å². The Morgan fingerprint density at radius 1 is 1.56 bits per heavy atom. The first-order chi connectivity index (χ1) is 8.23. The highest BCUT2D eigenvalue weighted by Crippen LogP contribution is 2.27. The van der Waals surface area contributed by atoms with Gasteiger partial charge in [0.2, 0.25) is 5.88 Å². The quantitative estimate of drug-likeness (QED) is 0.578. The lowest BCUT2D eigenvalue weighted by molar-refractivity contribution is -0.276. The zero-order valence-electron chi connectivity index (χ0n) is 8.59. The normalized spacial score (nSPS) is 11.4. The Labute approximate surface area is 122 Å². The topological polar surface area (TPSA) is 59.4 Å². The van der Waals surface area contributed by atoms with Crippen molar-refractivity contribution in [2.24, 2.45) is 0 Å². The largest absolute Gasteiger partial charge is 0.574 e. The van der Waals surface area contributed by atoms with Gasteiger partial charge in [-0.25, -0.2) is 4.98 Å². The average Bonchev–Trinajstić information content (AvgIpc) is 2.19. The predicted octanol–water partition coefficient (Wildman–Crippen LogP) is 3.11. The molecule has 0 aliphatic rings. The minimum Gasteiger partial charge on any atom is -0.481 e. The van der Waals surface area contributed by atoms with Crippen molar-refractivity contribution in [1.29, 1.82) is 0 Å². The maximum absolute atomic E-state index is 12.1. The van der Waals surface area contributed by atoms with Gasteiger partial charge in [-0.1, -0.05) is 15.9 Å². The molecule has 100 valence electrons. The fourth-order valence-corrected chi connectivity index (χ4v) is 2.76. The molecule has 0 aliphatic carbocycles. The Morgan fingerprint density at radius 2 is 2.17 bits per heavy atom. The molecule has 1 aromatic rings. The van der Waals surface area contributed by atoms with Crippen LogP contribution in [0.2, 0.25) is 0 Å². The smallest absolute Gasteiger partial charge is 0.481 e. The summed E-state index contributed by atoms with van der Waals surface area (Å²) in [6.07, 6.45) is -5.32. The first kappa shape index (κ1) is 15.5. The number of carboxylic acids is 1. The van der Waals surface area contributed by atoms with Crippen molar-refractivity contribution >= 4 is 44.5 Å². The zero-order valence-corrected chi connectivity index (χ0v) is 12.3. The number of halogens is 5. The van der Waals surface area contributed by atoms with Gasteiger partial charge in [-0.15, -0.1) is 13.2 Å². The molecular weight excluding hydrogens is 434 g/mol. The first-order valence-electron chi connectivity index (χ1n) is 4.44. The molecule has 0 fully saturated rings. The highest BCUT2D eigenvalue weighted by atomic mass is 127. The maximum atomic E-state index is 12.1. The van der Waals surface area contributed by atoms with Crippen LogP contribution in [0.4, 0.5) is 13.2 Å². The summed E-state index contributed by atoms with van der Waals surface area (Å²) in [5.41, 5.74) is 0.528. The van der Waals surface area contributed by atoms with Crippen LogP contribution in [-0.4, -0.2) is 22.4 Å². The van der Waals surface area contributed by atoms with E-state index in [4.69, 9.17) is 5.11 Å². The number of pyridine rings is 1. The maximum Gasteiger partial charge on any atom is 0.574 e. The fourth-order valence-electron chi connectivity index (χ4n) is 1.14. The molecule has 0 aromatic carbocycles. The van der Waals surface area contributed by atoms with Crippen LogP contribution in [0.5, 0.6) is 5.88 Å². The number of aromatic nitrogens is 1. The number of aliphatic carboxylic acids is 1. The lowest BCUT2D eigenvalue weighted by Gasteiger charge is -2.12. The Morgan fingerprint density at radius 3 is 2.61 bits per heavy atom. The van der Waals surface area contributed by atoms with E-state index in [1.807, 2.05) is 22.6 Å². The van der Waals surface area contributed by atoms with Crippen molar-refractivity contribution in [1.82, 2.24) is 4.98 Å². The van der Waals surface area contributed by atoms with E-state index in [0.29, 0.717) is 9.13 Å². The molecule has 1 N–H and O–H groups in total. The van der Waals surface area contributed by atoms with Gasteiger partial charge in [0.05, 0.1) is 12.1 Å². The van der Waals surface area contributed by atoms with Gasteiger partial charge in [-0.05, 0) is 28.2 Å². The van der Waals surface area contributed by atoms with E-state index in [1.54, 1.807) is 0 Å². The van der Waals surface area contributed by atoms with Gasteiger partial charge in [-0.3, -0.25) is 4.79 Å². The first-order valence-corrected chi connectivity index (χ1v) is 6.64. The molecule has 0 amide bonds. The Hall–Kier alpha value is -0.580. The monoisotopic (exact) mass is 439 g/mol. The van der Waals surface area contributed by atoms with Gasteiger partial charge in [0.15, 0.2) is 0 Å². The van der Waals surface area contributed by atoms with Crippen LogP contribution < -0.4 is 4.74 Å². The Kier molecular flexibility index (Phi) is 5.20. The molecule has 0 atom stereocenters. The van der Waals surface area contributed by atoms with E-state index in [-0.39, 0.29) is 11.0 Å². The van der Waals surface area contributed by atoms with Crippen LogP contribution in [-0.2, 0) is 16.5 Å². The number of carboxylic acid groups (broad SMARTS) is 1. The second-order valence-electron chi connectivity index (χ2n) is 3.13. The third-order valence-corrected chi connectivity index (χ3v) is 3.68. The third kappa shape index (κ3) is 4.59. The van der Waals surface area contributed by atoms with Crippen molar-refractivity contribution in [2.45, 2.75) is 18.1 Å². The highest BCUT2D eigenvalue weighted by Gasteiger charge is 2.32. The number of hydrogen-bond acceptors (Lipinski definition) is 3. The number of alkyl halides is 4. The van der Waals surface area contributed by atoms with E-state index in [9.17, 15) is 18.0 Å². The molecule has 0 unspecified atom stereocenters. The van der Waals surface area contributed by atoms with Gasteiger partial charge in [-0.2, -0.15) is 0 Å². The highest BCUT2D eigenvalue weighted by molar-refractivity contribution is 14.1. The Balaban J connectivity index is 3.17. The van der Waals surface area contributed by atoms with Crippen molar-refractivity contribution in [3.8, 4) is 5.88 Å². The molecule has 0 spiro atoms. The molecule has 1 aromatic heterocycles. The summed E-state index contributed by atoms with van der Waals surface area (Å²) in [6.45, 7) is 0. The summed E-state index contributed by atoms with van der Waals surface area (Å²) in [4.78, 5) is 14.2. The number of carbonyl (C=O) groups is 1. The second-order valence-corrected chi connectivity index (χ2v) is 4.77. The summed E-state index contributed by atoms with van der Waals surface area (Å²) in [7, 11) is 0. The van der Waals surface area contributed by atoms with Crippen molar-refractivity contribution in [2.75, 3.05) is 0 Å². The lowest BCUT2D eigenvalue weighted by Crippen LogP contribution is -2.19. The Bertz CT molecular complexity index is 467. The van der Waals surface area contributed by atoms with E-state index >= 15 is 0 Å². The van der Waals surface area contributed by atoms with E-state index in [2.05, 4.69) is 25.7 Å². The average molecular weight is 440 g/mol. The SMILES string of the molecule is O=C(O)Cc1nc(OC(F)(F)F)cc(CBr)c1I. The predicted molar refractivity (Wildman–Crippen MR) is 67.6 cm³/mol. The third-order valence-electron chi connectivity index (χ3n) is 1.76. The van der Waals surface area contributed by atoms with Crippen LogP contribution in [0.15, 0.2) is 6.07 Å². The molecule has 1 heterocycles. The van der Waals surface area contributed by atoms with Crippen molar-refractivity contribution in [3.05, 3.63) is 20.9 Å². The van der Waals surface area contributed by atoms with Crippen LogP contribution in [0.1, 0.15) is 11.3 Å². The van der Waals surface area contributed by atoms with Gasteiger partial charge in [0, 0.05) is 15.0 Å². The summed E-state index contributed by atoms with van der Waals surface area (Å²) in [6, 6.07) is 1.12. The standard InChI is InChI=1S/C9H6BrF3INO3/c10-3-4-1-6(18-9(11,12)13)15-5(8(4)14)2-7(16)17/h1H,2-3H2,(H,16,17). The van der Waals surface area contributed by atoms with Crippen molar-refractivity contribution in [3.63, 3.8) is 0 Å². The molecule has 9 heteroatoms. The lowest BCUT2D eigenvalue weighted by atomic mass is 10.2. The van der Waals surface area contributed by atoms with E-state index in [0.717, 1.165) is 6.07 Å². The van der Waals surface area contributed by atoms with Gasteiger partial charge in [0.25, 0.3) is 0 Å². The van der Waals surface area contributed by atoms with Crippen LogP contribution in [0.25, 0.3) is 0 Å². The van der Waals surface area contributed by atoms with Crippen LogP contribution in [0.3, 0.4) is 0 Å². The molecule has 0 saturated carbocycles. The van der Waals surface area contributed by atoms with Crippen LogP contribution in [0, 0.1) is 3.57 Å². The number of hydrogen-bond donors (Lipinski definition) is 1. The number of nitrogens with zero attached hydrogens (tertiary/aromatic N) is 1. The molecule has 0 radical (unpaired) electrons. The van der Waals surface area contributed by atoms with E-state index < -0.39 is 24.6 Å². The number of rotatable bonds is 4. The summed E-state index contributed by atoms with van der Waals surface area (Å²) in [5.74, 6) is -1.83. The molecule has 0 aliphatic heterocycles. The molecule has 18 heavy (non-hydrogen) atoms. The van der Waals surface area contributed by atoms with Crippen LogP contribution >= 0.6 is 38.5 Å². The number of ether oxygens (including phenoxy) is 1.